The average Bonchev–Trinajstić information content (AvgIpc) is 2.76. The third-order valence-electron chi connectivity index (χ3n) is 3.27. The number of fused-ring (bicyclic) bond motifs is 1. The van der Waals surface area contributed by atoms with Crippen LogP contribution in [0.15, 0.2) is 6.33 Å². The molecule has 0 aliphatic rings. The van der Waals surface area contributed by atoms with Crippen molar-refractivity contribution in [1.29, 1.82) is 0 Å². The molecule has 0 bridgehead atoms. The zero-order chi connectivity index (χ0) is 14.0. The van der Waals surface area contributed by atoms with E-state index in [1.54, 1.807) is 6.33 Å². The number of aromatic nitrogens is 4. The molecule has 3 N–H and O–H groups in total. The fourth-order valence-corrected chi connectivity index (χ4v) is 1.60. The smallest absolute Gasteiger partial charge is 0.226 e. The summed E-state index contributed by atoms with van der Waals surface area (Å²) in [6.07, 6.45) is 1.64. The molecule has 2 rings (SSSR count). The monoisotopic (exact) mass is 262 g/mol. The van der Waals surface area contributed by atoms with E-state index >= 15 is 0 Å². The molecule has 2 aromatic rings. The quantitative estimate of drug-likeness (QED) is 0.789. The summed E-state index contributed by atoms with van der Waals surface area (Å²) in [7, 11) is 0. The second-order valence-electron chi connectivity index (χ2n) is 5.76. The van der Waals surface area contributed by atoms with Crippen LogP contribution in [0.25, 0.3) is 11.2 Å². The minimum absolute atomic E-state index is 0.148. The van der Waals surface area contributed by atoms with Crippen LogP contribution in [0.4, 0.5) is 11.8 Å². The SMILES string of the molecule is CCNc1nc(NC(C)C(C)(C)C)c2[nH]cnc2n1. The van der Waals surface area contributed by atoms with E-state index in [4.69, 9.17) is 0 Å². The maximum Gasteiger partial charge on any atom is 0.226 e. The number of nitrogens with zero attached hydrogens (tertiary/aromatic N) is 3. The molecule has 104 valence electrons. The van der Waals surface area contributed by atoms with Crippen molar-refractivity contribution in [3.8, 4) is 0 Å². The summed E-state index contributed by atoms with van der Waals surface area (Å²) in [5, 5.41) is 6.57. The van der Waals surface area contributed by atoms with E-state index in [1.165, 1.54) is 0 Å². The Morgan fingerprint density at radius 2 is 2.05 bits per heavy atom. The zero-order valence-electron chi connectivity index (χ0n) is 12.2. The maximum absolute atomic E-state index is 4.51. The van der Waals surface area contributed by atoms with Crippen molar-refractivity contribution in [2.45, 2.75) is 40.7 Å². The Kier molecular flexibility index (Phi) is 3.59. The van der Waals surface area contributed by atoms with Crippen LogP contribution in [-0.4, -0.2) is 32.5 Å². The van der Waals surface area contributed by atoms with Crippen molar-refractivity contribution in [3.63, 3.8) is 0 Å². The Morgan fingerprint density at radius 3 is 2.68 bits per heavy atom. The summed E-state index contributed by atoms with van der Waals surface area (Å²) in [5.41, 5.74) is 1.67. The molecular formula is C13H22N6. The predicted octanol–water partition coefficient (Wildman–Crippen LogP) is 2.63. The minimum atomic E-state index is 0.148. The summed E-state index contributed by atoms with van der Waals surface area (Å²) < 4.78 is 0. The van der Waals surface area contributed by atoms with E-state index in [9.17, 15) is 0 Å². The Bertz CT molecular complexity index is 554. The topological polar surface area (TPSA) is 78.5 Å². The van der Waals surface area contributed by atoms with Crippen molar-refractivity contribution in [3.05, 3.63) is 6.33 Å². The van der Waals surface area contributed by atoms with E-state index in [-0.39, 0.29) is 11.5 Å². The second-order valence-corrected chi connectivity index (χ2v) is 5.76. The lowest BCUT2D eigenvalue weighted by atomic mass is 9.88. The van der Waals surface area contributed by atoms with E-state index in [1.807, 2.05) is 6.92 Å². The molecule has 19 heavy (non-hydrogen) atoms. The Balaban J connectivity index is 2.37. The Labute approximate surface area is 113 Å². The van der Waals surface area contributed by atoms with E-state index in [0.717, 1.165) is 17.9 Å². The molecule has 1 unspecified atom stereocenters. The zero-order valence-corrected chi connectivity index (χ0v) is 12.2. The normalized spacial score (nSPS) is 13.5. The van der Waals surface area contributed by atoms with Crippen molar-refractivity contribution in [1.82, 2.24) is 19.9 Å². The first-order valence-corrected chi connectivity index (χ1v) is 6.63. The Morgan fingerprint density at radius 1 is 1.32 bits per heavy atom. The lowest BCUT2D eigenvalue weighted by Crippen LogP contribution is -2.31. The lowest BCUT2D eigenvalue weighted by molar-refractivity contribution is 0.359. The van der Waals surface area contributed by atoms with Gasteiger partial charge in [-0.25, -0.2) is 4.98 Å². The predicted molar refractivity (Wildman–Crippen MR) is 78.4 cm³/mol. The molecule has 0 saturated heterocycles. The third kappa shape index (κ3) is 2.94. The van der Waals surface area contributed by atoms with Crippen LogP contribution in [0.3, 0.4) is 0 Å². The van der Waals surface area contributed by atoms with Crippen LogP contribution in [-0.2, 0) is 0 Å². The number of hydrogen-bond acceptors (Lipinski definition) is 5. The molecule has 0 radical (unpaired) electrons. The van der Waals surface area contributed by atoms with Crippen molar-refractivity contribution in [2.75, 3.05) is 17.2 Å². The molecule has 0 aliphatic carbocycles. The molecule has 6 nitrogen and oxygen atoms in total. The van der Waals surface area contributed by atoms with Gasteiger partial charge in [-0.15, -0.1) is 0 Å². The fourth-order valence-electron chi connectivity index (χ4n) is 1.60. The highest BCUT2D eigenvalue weighted by atomic mass is 15.2. The van der Waals surface area contributed by atoms with Gasteiger partial charge < -0.3 is 15.6 Å². The lowest BCUT2D eigenvalue weighted by Gasteiger charge is -2.28. The summed E-state index contributed by atoms with van der Waals surface area (Å²) in [6.45, 7) is 11.5. The van der Waals surface area contributed by atoms with E-state index in [2.05, 4.69) is 58.3 Å². The van der Waals surface area contributed by atoms with Gasteiger partial charge in [-0.1, -0.05) is 20.8 Å². The molecule has 0 aliphatic heterocycles. The average molecular weight is 262 g/mol. The van der Waals surface area contributed by atoms with Crippen molar-refractivity contribution >= 4 is 22.9 Å². The minimum Gasteiger partial charge on any atom is -0.365 e. The highest BCUT2D eigenvalue weighted by molar-refractivity contribution is 5.83. The van der Waals surface area contributed by atoms with Gasteiger partial charge in [0.15, 0.2) is 11.5 Å². The van der Waals surface area contributed by atoms with Gasteiger partial charge in [0.2, 0.25) is 5.95 Å². The van der Waals surface area contributed by atoms with Crippen molar-refractivity contribution in [2.24, 2.45) is 5.41 Å². The molecular weight excluding hydrogens is 240 g/mol. The summed E-state index contributed by atoms with van der Waals surface area (Å²) in [5.74, 6) is 1.39. The van der Waals surface area contributed by atoms with Crippen LogP contribution in [0.2, 0.25) is 0 Å². The fraction of sp³-hybridized carbons (Fsp3) is 0.615. The molecule has 0 fully saturated rings. The van der Waals surface area contributed by atoms with Gasteiger partial charge in [-0.3, -0.25) is 0 Å². The standard InChI is InChI=1S/C13H22N6/c1-6-14-12-18-10-9(15-7-16-10)11(19-12)17-8(2)13(3,4)5/h7-8H,6H2,1-5H3,(H3,14,15,16,17,18,19). The van der Waals surface area contributed by atoms with Crippen LogP contribution in [0.1, 0.15) is 34.6 Å². The van der Waals surface area contributed by atoms with Crippen LogP contribution in [0, 0.1) is 5.41 Å². The molecule has 6 heteroatoms. The first kappa shape index (κ1) is 13.6. The summed E-state index contributed by atoms with van der Waals surface area (Å²) in [4.78, 5) is 16.2. The first-order chi connectivity index (χ1) is 8.91. The molecule has 0 saturated carbocycles. The molecule has 0 spiro atoms. The van der Waals surface area contributed by atoms with Crippen LogP contribution >= 0.6 is 0 Å². The number of imidazole rings is 1. The number of rotatable bonds is 4. The highest BCUT2D eigenvalue weighted by Crippen LogP contribution is 2.25. The van der Waals surface area contributed by atoms with Gasteiger partial charge in [0.25, 0.3) is 0 Å². The second kappa shape index (κ2) is 5.03. The molecule has 2 heterocycles. The van der Waals surface area contributed by atoms with Gasteiger partial charge in [-0.2, -0.15) is 9.97 Å². The summed E-state index contributed by atoms with van der Waals surface area (Å²) in [6, 6.07) is 0.281. The van der Waals surface area contributed by atoms with Gasteiger partial charge in [0, 0.05) is 12.6 Å². The largest absolute Gasteiger partial charge is 0.365 e. The number of aromatic amines is 1. The van der Waals surface area contributed by atoms with Gasteiger partial charge >= 0.3 is 0 Å². The van der Waals surface area contributed by atoms with Crippen molar-refractivity contribution < 1.29 is 0 Å². The third-order valence-corrected chi connectivity index (χ3v) is 3.27. The number of anilines is 2. The van der Waals surface area contributed by atoms with Gasteiger partial charge in [-0.05, 0) is 19.3 Å². The van der Waals surface area contributed by atoms with Gasteiger partial charge in [0.1, 0.15) is 5.52 Å². The first-order valence-electron chi connectivity index (χ1n) is 6.63. The Hall–Kier alpha value is -1.85. The molecule has 0 amide bonds. The summed E-state index contributed by atoms with van der Waals surface area (Å²) >= 11 is 0. The van der Waals surface area contributed by atoms with Crippen LogP contribution < -0.4 is 10.6 Å². The number of H-pyrrole nitrogens is 1. The maximum atomic E-state index is 4.51. The van der Waals surface area contributed by atoms with E-state index in [0.29, 0.717) is 11.6 Å². The highest BCUT2D eigenvalue weighted by Gasteiger charge is 2.21. The van der Waals surface area contributed by atoms with Crippen LogP contribution in [0.5, 0.6) is 0 Å². The molecule has 1 atom stereocenters. The number of nitrogens with one attached hydrogen (secondary N) is 3. The molecule has 2 aromatic heterocycles. The number of hydrogen-bond donors (Lipinski definition) is 3. The molecule has 0 aromatic carbocycles. The van der Waals surface area contributed by atoms with Gasteiger partial charge in [0.05, 0.1) is 6.33 Å². The van der Waals surface area contributed by atoms with E-state index < -0.39 is 0 Å².